The van der Waals surface area contributed by atoms with Gasteiger partial charge in [0.15, 0.2) is 5.67 Å². The second-order valence-corrected chi connectivity index (χ2v) is 3.87. The Kier molecular flexibility index (Phi) is 2.92. The van der Waals surface area contributed by atoms with Crippen LogP contribution in [-0.2, 0) is 10.4 Å². The zero-order chi connectivity index (χ0) is 11.6. The van der Waals surface area contributed by atoms with Crippen molar-refractivity contribution >= 4 is 5.97 Å². The number of benzene rings is 1. The van der Waals surface area contributed by atoms with Gasteiger partial charge in [-0.25, -0.2) is 9.18 Å². The number of esters is 1. The molecule has 0 aliphatic carbocycles. The van der Waals surface area contributed by atoms with Crippen LogP contribution in [0, 0.1) is 0 Å². The lowest BCUT2D eigenvalue weighted by molar-refractivity contribution is 0.0525. The van der Waals surface area contributed by atoms with Crippen LogP contribution in [0.25, 0.3) is 0 Å². The first kappa shape index (κ1) is 11.1. The molecule has 1 aromatic carbocycles. The highest BCUT2D eigenvalue weighted by atomic mass is 19.1. The normalized spacial score (nSPS) is 17.6. The lowest BCUT2D eigenvalue weighted by Gasteiger charge is -2.35. The second kappa shape index (κ2) is 4.22. The molecule has 0 unspecified atom stereocenters. The minimum atomic E-state index is -1.33. The Bertz CT molecular complexity index is 402. The lowest BCUT2D eigenvalue weighted by atomic mass is 9.89. The quantitative estimate of drug-likeness (QED) is 0.791. The number of hydrogen-bond acceptors (Lipinski definition) is 3. The van der Waals surface area contributed by atoms with Gasteiger partial charge in [-0.05, 0) is 24.6 Å². The number of rotatable bonds is 3. The van der Waals surface area contributed by atoms with Gasteiger partial charge in [0.05, 0.1) is 12.2 Å². The number of alkyl halides is 1. The highest BCUT2D eigenvalue weighted by Gasteiger charge is 2.39. The topological polar surface area (TPSA) is 38.3 Å². The van der Waals surface area contributed by atoms with Crippen molar-refractivity contribution < 1.29 is 13.9 Å². The van der Waals surface area contributed by atoms with Gasteiger partial charge < -0.3 is 10.1 Å². The van der Waals surface area contributed by atoms with Crippen molar-refractivity contribution in [3.05, 3.63) is 35.4 Å². The van der Waals surface area contributed by atoms with Crippen LogP contribution in [0.5, 0.6) is 0 Å². The van der Waals surface area contributed by atoms with Crippen molar-refractivity contribution in [1.82, 2.24) is 5.32 Å². The Morgan fingerprint density at radius 2 is 2.31 bits per heavy atom. The Morgan fingerprint density at radius 3 is 2.88 bits per heavy atom. The molecule has 0 amide bonds. The molecule has 4 heteroatoms. The van der Waals surface area contributed by atoms with E-state index in [2.05, 4.69) is 5.32 Å². The maximum Gasteiger partial charge on any atom is 0.338 e. The zero-order valence-corrected chi connectivity index (χ0v) is 9.13. The van der Waals surface area contributed by atoms with Crippen LogP contribution in [-0.4, -0.2) is 25.7 Å². The Morgan fingerprint density at radius 1 is 1.56 bits per heavy atom. The number of ether oxygens (including phenoxy) is 1. The smallest absolute Gasteiger partial charge is 0.338 e. The first-order valence-corrected chi connectivity index (χ1v) is 5.33. The SMILES string of the molecule is CCOC(=O)c1cccc(C2(F)CNC2)c1. The largest absolute Gasteiger partial charge is 0.462 e. The Labute approximate surface area is 93.6 Å². The van der Waals surface area contributed by atoms with Crippen molar-refractivity contribution in [1.29, 1.82) is 0 Å². The van der Waals surface area contributed by atoms with E-state index < -0.39 is 11.6 Å². The zero-order valence-electron chi connectivity index (χ0n) is 9.13. The Hall–Kier alpha value is -1.42. The summed E-state index contributed by atoms with van der Waals surface area (Å²) in [5.41, 5.74) is -0.386. The third-order valence-electron chi connectivity index (χ3n) is 2.70. The van der Waals surface area contributed by atoms with Gasteiger partial charge >= 0.3 is 5.97 Å². The van der Waals surface area contributed by atoms with Gasteiger partial charge in [0.2, 0.25) is 0 Å². The van der Waals surface area contributed by atoms with E-state index in [1.807, 2.05) is 0 Å². The molecule has 0 spiro atoms. The van der Waals surface area contributed by atoms with Crippen LogP contribution in [0.2, 0.25) is 0 Å². The number of nitrogens with one attached hydrogen (secondary N) is 1. The van der Waals surface area contributed by atoms with Crippen molar-refractivity contribution in [3.8, 4) is 0 Å². The fourth-order valence-corrected chi connectivity index (χ4v) is 1.69. The number of carbonyl (C=O) groups is 1. The van der Waals surface area contributed by atoms with Crippen molar-refractivity contribution in [3.63, 3.8) is 0 Å². The molecule has 86 valence electrons. The first-order valence-electron chi connectivity index (χ1n) is 5.33. The molecule has 0 atom stereocenters. The van der Waals surface area contributed by atoms with E-state index in [1.54, 1.807) is 31.2 Å². The van der Waals surface area contributed by atoms with Gasteiger partial charge in [-0.3, -0.25) is 0 Å². The highest BCUT2D eigenvalue weighted by Crippen LogP contribution is 2.30. The standard InChI is InChI=1S/C12H14FNO2/c1-2-16-11(15)9-4-3-5-10(6-9)12(13)7-14-8-12/h3-6,14H,2,7-8H2,1H3. The van der Waals surface area contributed by atoms with E-state index >= 15 is 0 Å². The fourth-order valence-electron chi connectivity index (χ4n) is 1.69. The van der Waals surface area contributed by atoms with Crippen LogP contribution in [0.15, 0.2) is 24.3 Å². The molecule has 0 aromatic heterocycles. The van der Waals surface area contributed by atoms with Gasteiger partial charge in [0.25, 0.3) is 0 Å². The second-order valence-electron chi connectivity index (χ2n) is 3.87. The lowest BCUT2D eigenvalue weighted by Crippen LogP contribution is -2.53. The molecule has 2 rings (SSSR count). The molecule has 0 bridgehead atoms. The van der Waals surface area contributed by atoms with Crippen LogP contribution in [0.1, 0.15) is 22.8 Å². The molecule has 1 aliphatic heterocycles. The van der Waals surface area contributed by atoms with E-state index in [-0.39, 0.29) is 0 Å². The van der Waals surface area contributed by atoms with Gasteiger partial charge in [0.1, 0.15) is 0 Å². The molecular formula is C12H14FNO2. The molecule has 1 fully saturated rings. The predicted molar refractivity (Wildman–Crippen MR) is 58.1 cm³/mol. The fraction of sp³-hybridized carbons (Fsp3) is 0.417. The maximum absolute atomic E-state index is 14.1. The summed E-state index contributed by atoms with van der Waals surface area (Å²) in [6.07, 6.45) is 0. The summed E-state index contributed by atoms with van der Waals surface area (Å²) in [5.74, 6) is -0.403. The summed E-state index contributed by atoms with van der Waals surface area (Å²) in [7, 11) is 0. The summed E-state index contributed by atoms with van der Waals surface area (Å²) < 4.78 is 18.9. The minimum absolute atomic E-state index is 0.305. The summed E-state index contributed by atoms with van der Waals surface area (Å²) in [5, 5.41) is 2.88. The number of carbonyl (C=O) groups excluding carboxylic acids is 1. The highest BCUT2D eigenvalue weighted by molar-refractivity contribution is 5.89. The van der Waals surface area contributed by atoms with Gasteiger partial charge in [0, 0.05) is 13.1 Å². The minimum Gasteiger partial charge on any atom is -0.462 e. The number of hydrogen-bond donors (Lipinski definition) is 1. The molecule has 1 heterocycles. The van der Waals surface area contributed by atoms with E-state index in [0.717, 1.165) is 0 Å². The maximum atomic E-state index is 14.1. The third kappa shape index (κ3) is 1.93. The predicted octanol–water partition coefficient (Wildman–Crippen LogP) is 1.63. The molecule has 16 heavy (non-hydrogen) atoms. The molecule has 1 N–H and O–H groups in total. The van der Waals surface area contributed by atoms with E-state index in [0.29, 0.717) is 30.8 Å². The van der Waals surface area contributed by atoms with Gasteiger partial charge in [-0.15, -0.1) is 0 Å². The van der Waals surface area contributed by atoms with Crippen LogP contribution in [0.3, 0.4) is 0 Å². The van der Waals surface area contributed by atoms with Gasteiger partial charge in [-0.1, -0.05) is 12.1 Å². The first-order chi connectivity index (χ1) is 7.65. The molecule has 1 saturated heterocycles. The molecule has 3 nitrogen and oxygen atoms in total. The van der Waals surface area contributed by atoms with E-state index in [1.165, 1.54) is 0 Å². The molecule has 1 aliphatic rings. The third-order valence-corrected chi connectivity index (χ3v) is 2.70. The van der Waals surface area contributed by atoms with Crippen LogP contribution in [0.4, 0.5) is 4.39 Å². The van der Waals surface area contributed by atoms with E-state index in [9.17, 15) is 9.18 Å². The van der Waals surface area contributed by atoms with Crippen molar-refractivity contribution in [2.45, 2.75) is 12.6 Å². The molecule has 1 aromatic rings. The van der Waals surface area contributed by atoms with Crippen molar-refractivity contribution in [2.24, 2.45) is 0 Å². The van der Waals surface area contributed by atoms with Gasteiger partial charge in [-0.2, -0.15) is 0 Å². The average Bonchev–Trinajstić information content (AvgIpc) is 2.26. The Balaban J connectivity index is 2.22. The van der Waals surface area contributed by atoms with Crippen LogP contribution >= 0.6 is 0 Å². The summed E-state index contributed by atoms with van der Waals surface area (Å²) in [6, 6.07) is 6.58. The summed E-state index contributed by atoms with van der Waals surface area (Å²) >= 11 is 0. The van der Waals surface area contributed by atoms with Crippen LogP contribution < -0.4 is 5.32 Å². The monoisotopic (exact) mass is 223 g/mol. The summed E-state index contributed by atoms with van der Waals surface area (Å²) in [6.45, 7) is 2.68. The molecule has 0 radical (unpaired) electrons. The molecular weight excluding hydrogens is 209 g/mol. The molecule has 0 saturated carbocycles. The average molecular weight is 223 g/mol. The van der Waals surface area contributed by atoms with Crippen molar-refractivity contribution in [2.75, 3.05) is 19.7 Å². The van der Waals surface area contributed by atoms with E-state index in [4.69, 9.17) is 4.74 Å². The summed E-state index contributed by atoms with van der Waals surface area (Å²) in [4.78, 5) is 11.5. The number of halogens is 1.